The summed E-state index contributed by atoms with van der Waals surface area (Å²) in [5.41, 5.74) is 29.9. The Kier molecular flexibility index (Phi) is 37.9. The van der Waals surface area contributed by atoms with Crippen molar-refractivity contribution in [2.45, 2.75) is 198 Å². The van der Waals surface area contributed by atoms with Crippen molar-refractivity contribution < 1.29 is 72.9 Å². The third kappa shape index (κ3) is 30.5. The number of nitrogens with two attached hydrogens (primary N) is 5. The third-order valence-corrected chi connectivity index (χ3v) is 13.6. The van der Waals surface area contributed by atoms with E-state index in [2.05, 4.69) is 72.3 Å². The van der Waals surface area contributed by atoms with Crippen LogP contribution in [0.4, 0.5) is 0 Å². The minimum Gasteiger partial charge on any atom is -0.481 e. The SMILES string of the molecule is CC(=O)O.CC(C)CCCCC(=O)N[C@@H](CCN)C(=O)N[C@@H](C(=O)N[C@H](CCN)C(=O)N[C@@H]1CCNC(=O)C([C@@H](C)O)NC(=O)[C@@H](CCN)NC(=O)[C@@H](CCN)NC(=O)[C@@H](CC(C)C)NC(=O)[C@@H](Cc2ccccc2)NC(=O)[C@@H](CCN)NC1=O)[C@@H](C)O. The van der Waals surface area contributed by atoms with Gasteiger partial charge >= 0.3 is 0 Å². The number of aliphatic hydroxyl groups excluding tert-OH is 2. The molecule has 1 saturated heterocycles. The van der Waals surface area contributed by atoms with Crippen LogP contribution in [0.2, 0.25) is 0 Å². The van der Waals surface area contributed by atoms with Crippen LogP contribution in [0.15, 0.2) is 30.3 Å². The summed E-state index contributed by atoms with van der Waals surface area (Å²) in [4.78, 5) is 163. The van der Waals surface area contributed by atoms with Gasteiger partial charge in [0.15, 0.2) is 0 Å². The molecule has 2 rings (SSSR count). The zero-order chi connectivity index (χ0) is 66.6. The van der Waals surface area contributed by atoms with Crippen molar-refractivity contribution in [3.8, 4) is 0 Å². The number of carboxylic acid groups (broad SMARTS) is 1. The van der Waals surface area contributed by atoms with E-state index in [1.807, 2.05) is 0 Å². The number of aliphatic carboxylic acids is 1. The standard InChI is InChI=1S/C55H96N16O13.C2H4O2/c1-30(2)12-10-11-15-43(74)62-35(16-22-56)50(79)71-45(33(6)73)55(84)67-38(19-25-59)47(76)66-40-21-27-61-54(83)44(32(5)72)70-51(80)39(20-26-60)64-46(75)36(17-23-57)65-52(81)41(28-31(3)4)68-53(82)42(29-34-13-8-7-9-14-34)69-48(77)37(18-24-58)63-49(40)78;1-2(3)4/h7-9,13-14,30-33,35-42,44-45,72-73H,10-12,15-29,56-60H2,1-6H3,(H,61,83)(H,62,74)(H,63,78)(H,64,75)(H,65,81)(H,66,76)(H,67,84)(H,68,82)(H,69,77)(H,70,80)(H,71,79);1H3,(H,3,4)/t32-,33-,35+,36-,37-,38-,39-,40-,41-,42-,44?,45-;/m1./s1. The van der Waals surface area contributed by atoms with Crippen LogP contribution in [0.25, 0.3) is 0 Å². The quantitative estimate of drug-likeness (QED) is 0.0348. The molecule has 1 aliphatic rings. The molecule has 24 N–H and O–H groups in total. The van der Waals surface area contributed by atoms with E-state index in [1.165, 1.54) is 13.8 Å². The Morgan fingerprint density at radius 1 is 0.545 bits per heavy atom. The van der Waals surface area contributed by atoms with Crippen molar-refractivity contribution in [3.63, 3.8) is 0 Å². The highest BCUT2D eigenvalue weighted by molar-refractivity contribution is 5.99. The first-order valence-electron chi connectivity index (χ1n) is 29.9. The normalized spacial score (nSPS) is 22.0. The molecule has 1 unspecified atom stereocenters. The summed E-state index contributed by atoms with van der Waals surface area (Å²) in [6.45, 7) is 10.0. The van der Waals surface area contributed by atoms with E-state index < -0.39 is 157 Å². The van der Waals surface area contributed by atoms with Crippen LogP contribution in [-0.2, 0) is 64.0 Å². The minimum absolute atomic E-state index is 0.0181. The second-order valence-electron chi connectivity index (χ2n) is 22.4. The van der Waals surface area contributed by atoms with Crippen LogP contribution in [0, 0.1) is 11.8 Å². The lowest BCUT2D eigenvalue weighted by molar-refractivity contribution is -0.137. The molecule has 12 atom stereocenters. The molecule has 1 aromatic rings. The molecule has 88 heavy (non-hydrogen) atoms. The van der Waals surface area contributed by atoms with E-state index in [0.717, 1.165) is 19.8 Å². The van der Waals surface area contributed by atoms with Crippen LogP contribution in [0.3, 0.4) is 0 Å². The van der Waals surface area contributed by atoms with E-state index in [9.17, 15) is 63.0 Å². The highest BCUT2D eigenvalue weighted by Gasteiger charge is 2.37. The van der Waals surface area contributed by atoms with E-state index >= 15 is 0 Å². The van der Waals surface area contributed by atoms with Gasteiger partial charge in [-0.3, -0.25) is 57.5 Å². The average Bonchev–Trinajstić information content (AvgIpc) is 3.65. The Morgan fingerprint density at radius 2 is 1.01 bits per heavy atom. The van der Waals surface area contributed by atoms with Gasteiger partial charge in [-0.25, -0.2) is 0 Å². The number of hydrogen-bond donors (Lipinski definition) is 19. The second kappa shape index (κ2) is 42.5. The molecule has 498 valence electrons. The summed E-state index contributed by atoms with van der Waals surface area (Å²) in [5.74, 6) is -10.3. The summed E-state index contributed by atoms with van der Waals surface area (Å²) < 4.78 is 0. The molecule has 0 saturated carbocycles. The monoisotopic (exact) mass is 1250 g/mol. The Hall–Kier alpha value is -7.42. The highest BCUT2D eigenvalue weighted by atomic mass is 16.4. The topological polar surface area (TPSA) is 528 Å². The van der Waals surface area contributed by atoms with Gasteiger partial charge in [-0.2, -0.15) is 0 Å². The average molecular weight is 1250 g/mol. The largest absolute Gasteiger partial charge is 0.481 e. The zero-order valence-corrected chi connectivity index (χ0v) is 51.8. The molecule has 0 bridgehead atoms. The number of carboxylic acids is 1. The van der Waals surface area contributed by atoms with Crippen LogP contribution >= 0.6 is 0 Å². The molecule has 1 aromatic carbocycles. The molecule has 1 aliphatic heterocycles. The summed E-state index contributed by atoms with van der Waals surface area (Å²) in [6.07, 6.45) is -2.10. The number of amides is 11. The van der Waals surface area contributed by atoms with Crippen LogP contribution in [0.1, 0.15) is 125 Å². The molecule has 0 aliphatic carbocycles. The van der Waals surface area contributed by atoms with Gasteiger partial charge in [0.1, 0.15) is 60.4 Å². The fourth-order valence-electron chi connectivity index (χ4n) is 8.98. The van der Waals surface area contributed by atoms with Gasteiger partial charge in [0.2, 0.25) is 65.0 Å². The first kappa shape index (κ1) is 78.6. The first-order chi connectivity index (χ1) is 41.5. The minimum atomic E-state index is -1.70. The van der Waals surface area contributed by atoms with Gasteiger partial charge in [-0.1, -0.05) is 70.9 Å². The Labute approximate surface area is 514 Å². The molecule has 31 nitrogen and oxygen atoms in total. The van der Waals surface area contributed by atoms with Gasteiger partial charge in [0.05, 0.1) is 12.2 Å². The molecule has 0 radical (unpaired) electrons. The summed E-state index contributed by atoms with van der Waals surface area (Å²) in [7, 11) is 0. The van der Waals surface area contributed by atoms with Crippen molar-refractivity contribution in [1.29, 1.82) is 0 Å². The molecule has 0 spiro atoms. The van der Waals surface area contributed by atoms with Crippen molar-refractivity contribution in [2.75, 3.05) is 39.3 Å². The van der Waals surface area contributed by atoms with Gasteiger partial charge in [-0.15, -0.1) is 0 Å². The molecule has 1 fully saturated rings. The Bertz CT molecular complexity index is 2400. The smallest absolute Gasteiger partial charge is 0.300 e. The number of carbonyl (C=O) groups excluding carboxylic acids is 11. The van der Waals surface area contributed by atoms with Gasteiger partial charge in [-0.05, 0) is 115 Å². The highest BCUT2D eigenvalue weighted by Crippen LogP contribution is 2.12. The predicted octanol–water partition coefficient (Wildman–Crippen LogP) is -5.54. The number of aliphatic hydroxyl groups is 2. The predicted molar refractivity (Wildman–Crippen MR) is 325 cm³/mol. The van der Waals surface area contributed by atoms with Crippen molar-refractivity contribution in [3.05, 3.63) is 35.9 Å². The molecular weight excluding hydrogens is 1150 g/mol. The maximum Gasteiger partial charge on any atom is 0.300 e. The zero-order valence-electron chi connectivity index (χ0n) is 51.8. The van der Waals surface area contributed by atoms with E-state index in [4.69, 9.17) is 38.6 Å². The lowest BCUT2D eigenvalue weighted by Gasteiger charge is -2.29. The Balaban J connectivity index is 0.00000937. The van der Waals surface area contributed by atoms with Gasteiger partial charge in [0.25, 0.3) is 5.97 Å². The fourth-order valence-corrected chi connectivity index (χ4v) is 8.98. The Morgan fingerprint density at radius 3 is 1.49 bits per heavy atom. The maximum absolute atomic E-state index is 14.5. The van der Waals surface area contributed by atoms with E-state index in [0.29, 0.717) is 17.9 Å². The first-order valence-corrected chi connectivity index (χ1v) is 29.9. The summed E-state index contributed by atoms with van der Waals surface area (Å²) in [6, 6.07) is -6.23. The lowest BCUT2D eigenvalue weighted by atomic mass is 10.00. The molecular formula is C57H100N16O15. The van der Waals surface area contributed by atoms with Crippen molar-refractivity contribution >= 4 is 70.9 Å². The van der Waals surface area contributed by atoms with Gasteiger partial charge < -0.3 is 102 Å². The van der Waals surface area contributed by atoms with Gasteiger partial charge in [0, 0.05) is 26.3 Å². The van der Waals surface area contributed by atoms with Crippen molar-refractivity contribution in [1.82, 2.24) is 58.5 Å². The number of hydrogen-bond acceptors (Lipinski definition) is 19. The number of carbonyl (C=O) groups is 12. The van der Waals surface area contributed by atoms with Crippen molar-refractivity contribution in [2.24, 2.45) is 40.5 Å². The van der Waals surface area contributed by atoms with Crippen LogP contribution < -0.4 is 87.2 Å². The maximum atomic E-state index is 14.5. The lowest BCUT2D eigenvalue weighted by Crippen LogP contribution is -2.62. The van der Waals surface area contributed by atoms with Crippen LogP contribution in [0.5, 0.6) is 0 Å². The second-order valence-corrected chi connectivity index (χ2v) is 22.4. The number of unbranched alkanes of at least 4 members (excludes halogenated alkanes) is 1. The number of rotatable bonds is 28. The fraction of sp³-hybridized carbons (Fsp3) is 0.684. The van der Waals surface area contributed by atoms with Crippen LogP contribution in [-0.4, -0.2) is 198 Å². The molecule has 1 heterocycles. The molecule has 31 heteroatoms. The third-order valence-electron chi connectivity index (χ3n) is 13.6. The number of benzene rings is 1. The number of nitrogens with one attached hydrogen (secondary N) is 11. The summed E-state index contributed by atoms with van der Waals surface area (Å²) >= 11 is 0. The molecule has 11 amide bonds. The van der Waals surface area contributed by atoms with E-state index in [1.54, 1.807) is 44.2 Å². The summed E-state index contributed by atoms with van der Waals surface area (Å²) in [5, 5.41) is 57.0. The molecule has 0 aromatic heterocycles. The van der Waals surface area contributed by atoms with E-state index in [-0.39, 0.29) is 90.0 Å².